The highest BCUT2D eigenvalue weighted by molar-refractivity contribution is 9.10. The second kappa shape index (κ2) is 11.2. The number of rotatable bonds is 7. The van der Waals surface area contributed by atoms with Crippen molar-refractivity contribution in [2.45, 2.75) is 12.8 Å². The quantitative estimate of drug-likeness (QED) is 0.402. The van der Waals surface area contributed by atoms with Gasteiger partial charge in [0.15, 0.2) is 0 Å². The monoisotopic (exact) mass is 543 g/mol. The van der Waals surface area contributed by atoms with Crippen LogP contribution >= 0.6 is 27.7 Å². The molecule has 0 saturated carbocycles. The number of hydrogen-bond acceptors (Lipinski definition) is 7. The SMILES string of the molecule is COC(=O)[C@@H]1C(=O)NC(SCC(=O)Nc2ccc(C)cc2)=C(C#N)[C@@H]1c1ccc(OC)c(Br)c1. The van der Waals surface area contributed by atoms with E-state index < -0.39 is 23.7 Å². The number of hydrogen-bond donors (Lipinski definition) is 2. The Morgan fingerprint density at radius 1 is 1.21 bits per heavy atom. The van der Waals surface area contributed by atoms with E-state index in [0.29, 0.717) is 21.5 Å². The zero-order valence-corrected chi connectivity index (χ0v) is 21.1. The molecule has 0 spiro atoms. The Hall–Kier alpha value is -3.29. The molecule has 0 aliphatic carbocycles. The minimum Gasteiger partial charge on any atom is -0.496 e. The van der Waals surface area contributed by atoms with Crippen LogP contribution in [0.25, 0.3) is 0 Å². The van der Waals surface area contributed by atoms with Crippen molar-refractivity contribution in [3.05, 3.63) is 68.7 Å². The number of anilines is 1. The number of amides is 2. The summed E-state index contributed by atoms with van der Waals surface area (Å²) in [4.78, 5) is 37.9. The highest BCUT2D eigenvalue weighted by Crippen LogP contribution is 2.42. The molecule has 1 heterocycles. The average molecular weight is 544 g/mol. The van der Waals surface area contributed by atoms with E-state index in [1.807, 2.05) is 19.1 Å². The van der Waals surface area contributed by atoms with Gasteiger partial charge in [-0.05, 0) is 52.7 Å². The molecule has 0 radical (unpaired) electrons. The van der Waals surface area contributed by atoms with Gasteiger partial charge >= 0.3 is 5.97 Å². The first kappa shape index (κ1) is 25.3. The molecule has 2 amide bonds. The number of nitrogens with zero attached hydrogens (tertiary/aromatic N) is 1. The number of nitrogens with one attached hydrogen (secondary N) is 2. The maximum Gasteiger partial charge on any atom is 0.319 e. The van der Waals surface area contributed by atoms with Crippen molar-refractivity contribution in [1.29, 1.82) is 5.26 Å². The molecule has 2 aromatic rings. The van der Waals surface area contributed by atoms with Crippen LogP contribution in [0.1, 0.15) is 17.0 Å². The van der Waals surface area contributed by atoms with Gasteiger partial charge in [-0.15, -0.1) is 0 Å². The van der Waals surface area contributed by atoms with E-state index in [1.54, 1.807) is 30.3 Å². The molecule has 34 heavy (non-hydrogen) atoms. The summed E-state index contributed by atoms with van der Waals surface area (Å²) in [5, 5.41) is 15.6. The summed E-state index contributed by atoms with van der Waals surface area (Å²) < 4.78 is 10.7. The molecule has 2 N–H and O–H groups in total. The van der Waals surface area contributed by atoms with Crippen molar-refractivity contribution >= 4 is 51.2 Å². The number of carbonyl (C=O) groups excluding carboxylic acids is 3. The molecule has 2 atom stereocenters. The van der Waals surface area contributed by atoms with Gasteiger partial charge in [-0.2, -0.15) is 5.26 Å². The van der Waals surface area contributed by atoms with Gasteiger partial charge in [0.1, 0.15) is 11.7 Å². The Morgan fingerprint density at radius 2 is 1.91 bits per heavy atom. The normalized spacial score (nSPS) is 17.4. The molecule has 0 fully saturated rings. The second-order valence-corrected chi connectivity index (χ2v) is 9.26. The van der Waals surface area contributed by atoms with Crippen LogP contribution in [-0.2, 0) is 19.1 Å². The van der Waals surface area contributed by atoms with E-state index in [0.717, 1.165) is 17.3 Å². The molecular weight excluding hydrogens is 522 g/mol. The molecule has 1 aliphatic heterocycles. The fourth-order valence-electron chi connectivity index (χ4n) is 3.53. The molecular formula is C24H22BrN3O5S. The molecule has 176 valence electrons. The highest BCUT2D eigenvalue weighted by Gasteiger charge is 2.44. The zero-order valence-electron chi connectivity index (χ0n) is 18.7. The number of thioether (sulfide) groups is 1. The molecule has 8 nitrogen and oxygen atoms in total. The molecule has 0 saturated heterocycles. The van der Waals surface area contributed by atoms with Crippen LogP contribution in [0.3, 0.4) is 0 Å². The predicted octanol–water partition coefficient (Wildman–Crippen LogP) is 3.88. The lowest BCUT2D eigenvalue weighted by atomic mass is 9.78. The number of methoxy groups -OCH3 is 2. The van der Waals surface area contributed by atoms with Gasteiger partial charge in [0.25, 0.3) is 0 Å². The van der Waals surface area contributed by atoms with Gasteiger partial charge in [-0.25, -0.2) is 0 Å². The molecule has 0 bridgehead atoms. The summed E-state index contributed by atoms with van der Waals surface area (Å²) in [5.41, 5.74) is 2.43. The van der Waals surface area contributed by atoms with E-state index in [2.05, 4.69) is 32.6 Å². The number of halogens is 1. The van der Waals surface area contributed by atoms with Crippen LogP contribution < -0.4 is 15.4 Å². The van der Waals surface area contributed by atoms with E-state index in [9.17, 15) is 19.6 Å². The van der Waals surface area contributed by atoms with E-state index in [-0.39, 0.29) is 22.3 Å². The maximum absolute atomic E-state index is 12.9. The van der Waals surface area contributed by atoms with E-state index in [1.165, 1.54) is 14.2 Å². The minimum absolute atomic E-state index is 0.0451. The Labute approximate surface area is 209 Å². The lowest BCUT2D eigenvalue weighted by Crippen LogP contribution is -2.44. The topological polar surface area (TPSA) is 118 Å². The number of esters is 1. The predicted molar refractivity (Wildman–Crippen MR) is 132 cm³/mol. The lowest BCUT2D eigenvalue weighted by Gasteiger charge is -2.31. The van der Waals surface area contributed by atoms with Crippen LogP contribution in [-0.4, -0.2) is 37.8 Å². The van der Waals surface area contributed by atoms with Crippen molar-refractivity contribution in [2.75, 3.05) is 25.3 Å². The van der Waals surface area contributed by atoms with Crippen LogP contribution in [0.2, 0.25) is 0 Å². The Bertz CT molecular complexity index is 1190. The van der Waals surface area contributed by atoms with Crippen molar-refractivity contribution in [2.24, 2.45) is 5.92 Å². The van der Waals surface area contributed by atoms with Crippen LogP contribution in [0, 0.1) is 24.2 Å². The van der Waals surface area contributed by atoms with Crippen molar-refractivity contribution in [3.8, 4) is 11.8 Å². The minimum atomic E-state index is -1.26. The molecule has 3 rings (SSSR count). The third-order valence-electron chi connectivity index (χ3n) is 5.20. The second-order valence-electron chi connectivity index (χ2n) is 7.42. The Balaban J connectivity index is 1.92. The fraction of sp³-hybridized carbons (Fsp3) is 0.250. The first-order chi connectivity index (χ1) is 16.3. The Morgan fingerprint density at radius 3 is 2.50 bits per heavy atom. The molecule has 1 aliphatic rings. The van der Waals surface area contributed by atoms with E-state index in [4.69, 9.17) is 9.47 Å². The summed E-state index contributed by atoms with van der Waals surface area (Å²) in [6.45, 7) is 1.95. The highest BCUT2D eigenvalue weighted by atomic mass is 79.9. The summed E-state index contributed by atoms with van der Waals surface area (Å²) in [5.74, 6) is -3.30. The number of allylic oxidation sites excluding steroid dienone is 1. The smallest absolute Gasteiger partial charge is 0.319 e. The van der Waals surface area contributed by atoms with Gasteiger partial charge in [0, 0.05) is 11.6 Å². The number of nitriles is 1. The first-order valence-electron chi connectivity index (χ1n) is 10.1. The van der Waals surface area contributed by atoms with Gasteiger partial charge < -0.3 is 20.1 Å². The lowest BCUT2D eigenvalue weighted by molar-refractivity contribution is -0.150. The first-order valence-corrected chi connectivity index (χ1v) is 11.9. The van der Waals surface area contributed by atoms with Crippen LogP contribution in [0.4, 0.5) is 5.69 Å². The fourth-order valence-corrected chi connectivity index (χ4v) is 4.93. The molecule has 0 aromatic heterocycles. The molecule has 10 heteroatoms. The maximum atomic E-state index is 12.9. The summed E-state index contributed by atoms with van der Waals surface area (Å²) in [7, 11) is 2.70. The van der Waals surface area contributed by atoms with Gasteiger partial charge in [-0.1, -0.05) is 35.5 Å². The van der Waals surface area contributed by atoms with Crippen LogP contribution in [0.5, 0.6) is 5.75 Å². The van der Waals surface area contributed by atoms with Crippen molar-refractivity contribution < 1.29 is 23.9 Å². The summed E-state index contributed by atoms with van der Waals surface area (Å²) in [6, 6.07) is 14.5. The van der Waals surface area contributed by atoms with Crippen LogP contribution in [0.15, 0.2) is 57.5 Å². The van der Waals surface area contributed by atoms with Gasteiger partial charge in [0.05, 0.1) is 41.1 Å². The van der Waals surface area contributed by atoms with Gasteiger partial charge in [-0.3, -0.25) is 14.4 Å². The average Bonchev–Trinajstić information content (AvgIpc) is 2.83. The number of benzene rings is 2. The van der Waals surface area contributed by atoms with E-state index >= 15 is 0 Å². The summed E-state index contributed by atoms with van der Waals surface area (Å²) >= 11 is 4.43. The third kappa shape index (κ3) is 5.61. The molecule has 0 unspecified atom stereocenters. The number of carbonyl (C=O) groups is 3. The summed E-state index contributed by atoms with van der Waals surface area (Å²) in [6.07, 6.45) is 0. The molecule has 2 aromatic carbocycles. The largest absolute Gasteiger partial charge is 0.496 e. The van der Waals surface area contributed by atoms with Gasteiger partial charge in [0.2, 0.25) is 11.8 Å². The standard InChI is InChI=1S/C24H22BrN3O5S/c1-13-4-7-15(8-5-13)27-19(29)12-34-23-16(11-26)20(21(22(30)28-23)24(31)33-3)14-6-9-18(32-2)17(25)10-14/h4-10,20-21H,12H2,1-3H3,(H,27,29)(H,28,30)/t20-,21-/m0/s1. The zero-order chi connectivity index (χ0) is 24.8. The number of aryl methyl sites for hydroxylation is 1. The number of ether oxygens (including phenoxy) is 2. The van der Waals surface area contributed by atoms with Crippen molar-refractivity contribution in [1.82, 2.24) is 5.32 Å². The Kier molecular flexibility index (Phi) is 8.36. The third-order valence-corrected chi connectivity index (χ3v) is 6.84. The van der Waals surface area contributed by atoms with Crippen molar-refractivity contribution in [3.63, 3.8) is 0 Å².